The van der Waals surface area contributed by atoms with Crippen LogP contribution in [0.3, 0.4) is 0 Å². The summed E-state index contributed by atoms with van der Waals surface area (Å²) in [7, 11) is 0. The molecule has 174 valence electrons. The third-order valence-corrected chi connectivity index (χ3v) is 6.57. The van der Waals surface area contributed by atoms with Crippen LogP contribution in [-0.2, 0) is 11.2 Å². The van der Waals surface area contributed by atoms with E-state index in [0.717, 1.165) is 37.7 Å². The quantitative estimate of drug-likeness (QED) is 0.286. The smallest absolute Gasteiger partial charge is 0.341 e. The molecule has 5 heteroatoms. The average Bonchev–Trinajstić information content (AvgIpc) is 2.80. The number of rotatable bonds is 9. The number of benzene rings is 2. The van der Waals surface area contributed by atoms with E-state index in [4.69, 9.17) is 4.74 Å². The SMILES string of the molecule is CCCCCC1CCC(OC(=O)c2ccc(-c3ccc(CC)cc3)c(C(F)F)c2F)CC1. The lowest BCUT2D eigenvalue weighted by molar-refractivity contribution is 0.0155. The van der Waals surface area contributed by atoms with Gasteiger partial charge in [0.1, 0.15) is 11.9 Å². The van der Waals surface area contributed by atoms with Crippen LogP contribution in [0.5, 0.6) is 0 Å². The van der Waals surface area contributed by atoms with Gasteiger partial charge in [-0.05, 0) is 60.8 Å². The van der Waals surface area contributed by atoms with E-state index in [2.05, 4.69) is 6.92 Å². The minimum atomic E-state index is -3.04. The molecule has 0 bridgehead atoms. The van der Waals surface area contributed by atoms with Crippen molar-refractivity contribution >= 4 is 5.97 Å². The lowest BCUT2D eigenvalue weighted by Gasteiger charge is -2.28. The van der Waals surface area contributed by atoms with Crippen molar-refractivity contribution in [3.63, 3.8) is 0 Å². The van der Waals surface area contributed by atoms with Crippen molar-refractivity contribution in [2.24, 2.45) is 5.92 Å². The number of carbonyl (C=O) groups is 1. The summed E-state index contributed by atoms with van der Waals surface area (Å²) in [5, 5.41) is 0. The van der Waals surface area contributed by atoms with Crippen LogP contribution in [0.2, 0.25) is 0 Å². The maximum absolute atomic E-state index is 15.1. The standard InChI is InChI=1S/C27H33F3O2/c1-3-5-6-7-19-10-14-21(15-11-19)32-27(31)23-17-16-22(24(25(23)28)26(29)30)20-12-8-18(4-2)9-13-20/h8-9,12-13,16-17,19,21,26H,3-7,10-11,14-15H2,1-2H3. The molecule has 0 aliphatic heterocycles. The molecule has 1 fully saturated rings. The van der Waals surface area contributed by atoms with Crippen molar-refractivity contribution in [2.45, 2.75) is 84.2 Å². The van der Waals surface area contributed by atoms with E-state index in [-0.39, 0.29) is 11.7 Å². The number of alkyl halides is 2. The second kappa shape index (κ2) is 11.5. The number of hydrogen-bond donors (Lipinski definition) is 0. The molecule has 32 heavy (non-hydrogen) atoms. The van der Waals surface area contributed by atoms with Gasteiger partial charge in [0.15, 0.2) is 0 Å². The number of unbranched alkanes of at least 4 members (excludes halogenated alkanes) is 2. The molecule has 0 saturated heterocycles. The molecule has 1 aliphatic rings. The van der Waals surface area contributed by atoms with E-state index < -0.39 is 29.3 Å². The Morgan fingerprint density at radius 3 is 2.28 bits per heavy atom. The monoisotopic (exact) mass is 446 g/mol. The molecule has 3 rings (SSSR count). The van der Waals surface area contributed by atoms with Crippen molar-refractivity contribution in [1.29, 1.82) is 0 Å². The van der Waals surface area contributed by atoms with Gasteiger partial charge in [-0.3, -0.25) is 0 Å². The zero-order valence-corrected chi connectivity index (χ0v) is 19.0. The minimum Gasteiger partial charge on any atom is -0.459 e. The maximum atomic E-state index is 15.1. The number of carbonyl (C=O) groups excluding carboxylic acids is 1. The molecule has 0 unspecified atom stereocenters. The molecule has 0 heterocycles. The minimum absolute atomic E-state index is 0.101. The predicted octanol–water partition coefficient (Wildman–Crippen LogP) is 8.29. The largest absolute Gasteiger partial charge is 0.459 e. The highest BCUT2D eigenvalue weighted by Gasteiger charge is 2.28. The summed E-state index contributed by atoms with van der Waals surface area (Å²) >= 11 is 0. The van der Waals surface area contributed by atoms with Crippen LogP contribution in [-0.4, -0.2) is 12.1 Å². The van der Waals surface area contributed by atoms with Crippen LogP contribution in [0.4, 0.5) is 13.2 Å². The Morgan fingerprint density at radius 1 is 1.00 bits per heavy atom. The first kappa shape index (κ1) is 24.3. The molecule has 2 aromatic rings. The fraction of sp³-hybridized carbons (Fsp3) is 0.519. The molecule has 2 nitrogen and oxygen atoms in total. The van der Waals surface area contributed by atoms with E-state index in [9.17, 15) is 13.6 Å². The lowest BCUT2D eigenvalue weighted by Crippen LogP contribution is -2.25. The van der Waals surface area contributed by atoms with Gasteiger partial charge in [0.25, 0.3) is 6.43 Å². The first-order valence-corrected chi connectivity index (χ1v) is 11.8. The normalized spacial score (nSPS) is 18.7. The Labute approximate surface area is 189 Å². The van der Waals surface area contributed by atoms with E-state index in [1.165, 1.54) is 37.8 Å². The molecule has 0 radical (unpaired) electrons. The van der Waals surface area contributed by atoms with Crippen molar-refractivity contribution in [1.82, 2.24) is 0 Å². The van der Waals surface area contributed by atoms with Gasteiger partial charge in [-0.2, -0.15) is 0 Å². The van der Waals surface area contributed by atoms with Crippen LogP contribution in [0, 0.1) is 11.7 Å². The highest BCUT2D eigenvalue weighted by molar-refractivity contribution is 5.91. The highest BCUT2D eigenvalue weighted by Crippen LogP contribution is 2.36. The topological polar surface area (TPSA) is 26.3 Å². The number of ether oxygens (including phenoxy) is 1. The lowest BCUT2D eigenvalue weighted by atomic mass is 9.84. The molecule has 0 spiro atoms. The fourth-order valence-corrected chi connectivity index (χ4v) is 4.57. The molecule has 1 aliphatic carbocycles. The number of hydrogen-bond acceptors (Lipinski definition) is 2. The van der Waals surface area contributed by atoms with Crippen molar-refractivity contribution in [3.8, 4) is 11.1 Å². The number of aryl methyl sites for hydroxylation is 1. The van der Waals surface area contributed by atoms with Crippen LogP contribution < -0.4 is 0 Å². The third-order valence-electron chi connectivity index (χ3n) is 6.57. The summed E-state index contributed by atoms with van der Waals surface area (Å²) in [5.41, 5.74) is 0.498. The van der Waals surface area contributed by atoms with Crippen molar-refractivity contribution in [3.05, 3.63) is 58.9 Å². The molecule has 2 aromatic carbocycles. The van der Waals surface area contributed by atoms with Gasteiger partial charge in [-0.15, -0.1) is 0 Å². The van der Waals surface area contributed by atoms with Crippen molar-refractivity contribution in [2.75, 3.05) is 0 Å². The van der Waals surface area contributed by atoms with Gasteiger partial charge >= 0.3 is 5.97 Å². The van der Waals surface area contributed by atoms with E-state index in [0.29, 0.717) is 11.5 Å². The molecular weight excluding hydrogens is 413 g/mol. The van der Waals surface area contributed by atoms with E-state index in [1.54, 1.807) is 12.1 Å². The van der Waals surface area contributed by atoms with Crippen LogP contribution in [0.15, 0.2) is 36.4 Å². The zero-order chi connectivity index (χ0) is 23.1. The summed E-state index contributed by atoms with van der Waals surface area (Å²) in [4.78, 5) is 12.6. The summed E-state index contributed by atoms with van der Waals surface area (Å²) in [6.45, 7) is 4.18. The first-order valence-electron chi connectivity index (χ1n) is 11.8. The van der Waals surface area contributed by atoms with E-state index in [1.807, 2.05) is 19.1 Å². The second-order valence-electron chi connectivity index (χ2n) is 8.78. The maximum Gasteiger partial charge on any atom is 0.341 e. The molecule has 0 atom stereocenters. The Morgan fingerprint density at radius 2 is 1.69 bits per heavy atom. The van der Waals surface area contributed by atoms with Crippen molar-refractivity contribution < 1.29 is 22.7 Å². The van der Waals surface area contributed by atoms with Gasteiger partial charge in [-0.1, -0.05) is 69.9 Å². The summed E-state index contributed by atoms with van der Waals surface area (Å²) in [5.74, 6) is -1.39. The summed E-state index contributed by atoms with van der Waals surface area (Å²) < 4.78 is 48.2. The Bertz CT molecular complexity index is 885. The molecule has 0 amide bonds. The van der Waals surface area contributed by atoms with Gasteiger partial charge in [0, 0.05) is 0 Å². The van der Waals surface area contributed by atoms with Gasteiger partial charge in [0.2, 0.25) is 0 Å². The summed E-state index contributed by atoms with van der Waals surface area (Å²) in [6, 6.07) is 9.75. The van der Waals surface area contributed by atoms with Gasteiger partial charge in [0.05, 0.1) is 11.1 Å². The van der Waals surface area contributed by atoms with Crippen LogP contribution >= 0.6 is 0 Å². The third kappa shape index (κ3) is 5.93. The van der Waals surface area contributed by atoms with Crippen LogP contribution in [0.1, 0.15) is 93.1 Å². The Kier molecular flexibility index (Phi) is 8.77. The molecule has 0 N–H and O–H groups in total. The predicted molar refractivity (Wildman–Crippen MR) is 121 cm³/mol. The van der Waals surface area contributed by atoms with Gasteiger partial charge < -0.3 is 4.74 Å². The zero-order valence-electron chi connectivity index (χ0n) is 19.0. The average molecular weight is 447 g/mol. The van der Waals surface area contributed by atoms with E-state index >= 15 is 4.39 Å². The highest BCUT2D eigenvalue weighted by atomic mass is 19.3. The molecule has 0 aromatic heterocycles. The Hall–Kier alpha value is -2.30. The second-order valence-corrected chi connectivity index (χ2v) is 8.78. The fourth-order valence-electron chi connectivity index (χ4n) is 4.57. The molecular formula is C27H33F3O2. The molecule has 1 saturated carbocycles. The van der Waals surface area contributed by atoms with Gasteiger partial charge in [-0.25, -0.2) is 18.0 Å². The number of esters is 1. The number of halogens is 3. The Balaban J connectivity index is 1.71. The summed E-state index contributed by atoms with van der Waals surface area (Å²) in [6.07, 6.45) is 5.81. The van der Waals surface area contributed by atoms with Crippen LogP contribution in [0.25, 0.3) is 11.1 Å². The first-order chi connectivity index (χ1) is 15.4.